The number of morpholine rings is 1. The number of hydrogen-bond acceptors (Lipinski definition) is 3. The summed E-state index contributed by atoms with van der Waals surface area (Å²) < 4.78 is 5.36. The highest BCUT2D eigenvalue weighted by molar-refractivity contribution is 5.80. The van der Waals surface area contributed by atoms with Gasteiger partial charge in [-0.15, -0.1) is 0 Å². The number of rotatable bonds is 7. The Labute approximate surface area is 128 Å². The van der Waals surface area contributed by atoms with Crippen molar-refractivity contribution in [2.75, 3.05) is 45.9 Å². The minimum absolute atomic E-state index is 0.524. The van der Waals surface area contributed by atoms with Crippen molar-refractivity contribution in [1.82, 2.24) is 15.5 Å². The van der Waals surface area contributed by atoms with Crippen LogP contribution in [0.5, 0.6) is 0 Å². The van der Waals surface area contributed by atoms with Crippen LogP contribution >= 0.6 is 0 Å². The summed E-state index contributed by atoms with van der Waals surface area (Å²) in [6.07, 6.45) is 9.07. The van der Waals surface area contributed by atoms with Crippen LogP contribution in [0, 0.1) is 0 Å². The molecule has 2 aliphatic rings. The Morgan fingerprint density at radius 3 is 2.71 bits per heavy atom. The van der Waals surface area contributed by atoms with Crippen molar-refractivity contribution >= 4 is 5.96 Å². The molecule has 5 nitrogen and oxygen atoms in total. The minimum atomic E-state index is 0.524. The van der Waals surface area contributed by atoms with E-state index in [4.69, 9.17) is 4.74 Å². The Balaban J connectivity index is 1.59. The van der Waals surface area contributed by atoms with Gasteiger partial charge in [-0.25, -0.2) is 0 Å². The number of aliphatic imine (C=N–C) groups is 1. The largest absolute Gasteiger partial charge is 0.379 e. The summed E-state index contributed by atoms with van der Waals surface area (Å²) in [4.78, 5) is 7.17. The average molecular weight is 294 g/mol. The summed E-state index contributed by atoms with van der Waals surface area (Å²) >= 11 is 0. The molecule has 1 saturated heterocycles. The third-order valence-electron chi connectivity index (χ3n) is 3.95. The van der Waals surface area contributed by atoms with Gasteiger partial charge >= 0.3 is 0 Å². The molecule has 0 atom stereocenters. The fourth-order valence-electron chi connectivity index (χ4n) is 2.71. The van der Waals surface area contributed by atoms with Crippen LogP contribution in [-0.4, -0.2) is 62.8 Å². The third-order valence-corrected chi connectivity index (χ3v) is 3.95. The Morgan fingerprint density at radius 2 is 2.00 bits per heavy atom. The standard InChI is InChI=1S/C16H30N4O/c1-2-17-16(19-15-7-3-4-8-15)18-9-5-6-10-20-11-13-21-14-12-20/h3-4,15H,2,5-14H2,1H3,(H2,17,18,19). The second-order valence-corrected chi connectivity index (χ2v) is 5.71. The maximum Gasteiger partial charge on any atom is 0.191 e. The van der Waals surface area contributed by atoms with Gasteiger partial charge in [-0.1, -0.05) is 12.2 Å². The summed E-state index contributed by atoms with van der Waals surface area (Å²) in [6.45, 7) is 9.06. The fourth-order valence-corrected chi connectivity index (χ4v) is 2.71. The van der Waals surface area contributed by atoms with Crippen LogP contribution in [0.15, 0.2) is 17.1 Å². The zero-order chi connectivity index (χ0) is 14.8. The molecule has 0 amide bonds. The second kappa shape index (κ2) is 9.79. The molecule has 120 valence electrons. The molecule has 2 rings (SSSR count). The molecule has 0 bridgehead atoms. The molecular weight excluding hydrogens is 264 g/mol. The molecule has 0 aromatic heterocycles. The maximum atomic E-state index is 5.36. The van der Waals surface area contributed by atoms with E-state index >= 15 is 0 Å². The molecule has 1 aliphatic carbocycles. The average Bonchev–Trinajstić information content (AvgIpc) is 3.01. The fraction of sp³-hybridized carbons (Fsp3) is 0.812. The topological polar surface area (TPSA) is 48.9 Å². The zero-order valence-electron chi connectivity index (χ0n) is 13.3. The van der Waals surface area contributed by atoms with Crippen LogP contribution in [0.1, 0.15) is 32.6 Å². The van der Waals surface area contributed by atoms with Crippen molar-refractivity contribution in [1.29, 1.82) is 0 Å². The summed E-state index contributed by atoms with van der Waals surface area (Å²) in [5, 5.41) is 6.84. The molecule has 0 aromatic rings. The van der Waals surface area contributed by atoms with E-state index in [1.165, 1.54) is 13.0 Å². The molecule has 5 heteroatoms. The summed E-state index contributed by atoms with van der Waals surface area (Å²) in [7, 11) is 0. The quantitative estimate of drug-likeness (QED) is 0.322. The van der Waals surface area contributed by atoms with Gasteiger partial charge in [0.2, 0.25) is 0 Å². The predicted molar refractivity (Wildman–Crippen MR) is 87.8 cm³/mol. The van der Waals surface area contributed by atoms with E-state index in [0.717, 1.165) is 64.6 Å². The van der Waals surface area contributed by atoms with Crippen LogP contribution in [0.4, 0.5) is 0 Å². The maximum absolute atomic E-state index is 5.36. The van der Waals surface area contributed by atoms with Crippen molar-refractivity contribution < 1.29 is 4.74 Å². The molecule has 0 spiro atoms. The Morgan fingerprint density at radius 1 is 1.24 bits per heavy atom. The first kappa shape index (κ1) is 16.3. The molecule has 0 unspecified atom stereocenters. The molecule has 2 N–H and O–H groups in total. The third kappa shape index (κ3) is 6.48. The normalized spacial score (nSPS) is 20.9. The first-order valence-corrected chi connectivity index (χ1v) is 8.38. The van der Waals surface area contributed by atoms with Crippen molar-refractivity contribution in [2.45, 2.75) is 38.6 Å². The lowest BCUT2D eigenvalue weighted by Gasteiger charge is -2.26. The summed E-state index contributed by atoms with van der Waals surface area (Å²) in [5.41, 5.74) is 0. The predicted octanol–water partition coefficient (Wildman–Crippen LogP) is 1.37. The molecular formula is C16H30N4O. The first-order valence-electron chi connectivity index (χ1n) is 8.38. The van der Waals surface area contributed by atoms with E-state index in [1.54, 1.807) is 0 Å². The lowest BCUT2D eigenvalue weighted by atomic mass is 10.2. The summed E-state index contributed by atoms with van der Waals surface area (Å²) in [6, 6.07) is 0.524. The van der Waals surface area contributed by atoms with Crippen LogP contribution in [0.3, 0.4) is 0 Å². The molecule has 0 radical (unpaired) electrons. The first-order chi connectivity index (χ1) is 10.4. The zero-order valence-corrected chi connectivity index (χ0v) is 13.3. The number of ether oxygens (including phenoxy) is 1. The smallest absolute Gasteiger partial charge is 0.191 e. The van der Waals surface area contributed by atoms with Gasteiger partial charge in [0.1, 0.15) is 0 Å². The second-order valence-electron chi connectivity index (χ2n) is 5.71. The van der Waals surface area contributed by atoms with Crippen LogP contribution in [-0.2, 0) is 4.74 Å². The van der Waals surface area contributed by atoms with E-state index in [0.29, 0.717) is 6.04 Å². The van der Waals surface area contributed by atoms with Gasteiger partial charge in [-0.3, -0.25) is 9.89 Å². The monoisotopic (exact) mass is 294 g/mol. The van der Waals surface area contributed by atoms with E-state index in [2.05, 4.69) is 39.6 Å². The van der Waals surface area contributed by atoms with Crippen molar-refractivity contribution in [3.8, 4) is 0 Å². The molecule has 1 aliphatic heterocycles. The number of nitrogens with zero attached hydrogens (tertiary/aromatic N) is 2. The van der Waals surface area contributed by atoms with Gasteiger partial charge in [-0.05, 0) is 39.2 Å². The van der Waals surface area contributed by atoms with Gasteiger partial charge in [-0.2, -0.15) is 0 Å². The highest BCUT2D eigenvalue weighted by atomic mass is 16.5. The highest BCUT2D eigenvalue weighted by Gasteiger charge is 2.11. The van der Waals surface area contributed by atoms with Gasteiger partial charge in [0, 0.05) is 32.2 Å². The molecule has 0 aromatic carbocycles. The molecule has 1 fully saturated rings. The van der Waals surface area contributed by atoms with E-state index < -0.39 is 0 Å². The lowest BCUT2D eigenvalue weighted by Crippen LogP contribution is -2.42. The molecule has 1 heterocycles. The van der Waals surface area contributed by atoms with Gasteiger partial charge < -0.3 is 15.4 Å². The van der Waals surface area contributed by atoms with Crippen LogP contribution in [0.2, 0.25) is 0 Å². The van der Waals surface area contributed by atoms with Crippen molar-refractivity contribution in [2.24, 2.45) is 4.99 Å². The SMILES string of the molecule is CCNC(=NCCCCN1CCOCC1)NC1CC=CC1. The highest BCUT2D eigenvalue weighted by Crippen LogP contribution is 2.08. The number of hydrogen-bond donors (Lipinski definition) is 2. The van der Waals surface area contributed by atoms with Gasteiger partial charge in [0.15, 0.2) is 5.96 Å². The Hall–Kier alpha value is -1.07. The van der Waals surface area contributed by atoms with Gasteiger partial charge in [0.05, 0.1) is 13.2 Å². The van der Waals surface area contributed by atoms with Crippen molar-refractivity contribution in [3.05, 3.63) is 12.2 Å². The van der Waals surface area contributed by atoms with Crippen LogP contribution in [0.25, 0.3) is 0 Å². The Kier molecular flexibility index (Phi) is 7.60. The van der Waals surface area contributed by atoms with Crippen molar-refractivity contribution in [3.63, 3.8) is 0 Å². The van der Waals surface area contributed by atoms with E-state index in [-0.39, 0.29) is 0 Å². The molecule has 0 saturated carbocycles. The molecule has 21 heavy (non-hydrogen) atoms. The summed E-state index contributed by atoms with van der Waals surface area (Å²) in [5.74, 6) is 0.970. The van der Waals surface area contributed by atoms with Gasteiger partial charge in [0.25, 0.3) is 0 Å². The number of unbranched alkanes of at least 4 members (excludes halogenated alkanes) is 1. The lowest BCUT2D eigenvalue weighted by molar-refractivity contribution is 0.0373. The van der Waals surface area contributed by atoms with Crippen LogP contribution < -0.4 is 10.6 Å². The number of guanidine groups is 1. The Bertz CT molecular complexity index is 329. The number of nitrogens with one attached hydrogen (secondary N) is 2. The minimum Gasteiger partial charge on any atom is -0.379 e. The van der Waals surface area contributed by atoms with E-state index in [1.807, 2.05) is 0 Å². The van der Waals surface area contributed by atoms with E-state index in [9.17, 15) is 0 Å².